The van der Waals surface area contributed by atoms with E-state index in [4.69, 9.17) is 0 Å². The van der Waals surface area contributed by atoms with E-state index in [0.29, 0.717) is 6.42 Å². The van der Waals surface area contributed by atoms with Gasteiger partial charge in [0, 0.05) is 56.3 Å². The summed E-state index contributed by atoms with van der Waals surface area (Å²) in [5.74, 6) is 1.63. The molecule has 1 aliphatic rings. The van der Waals surface area contributed by atoms with Gasteiger partial charge in [0.1, 0.15) is 0 Å². The van der Waals surface area contributed by atoms with E-state index in [1.165, 1.54) is 22.3 Å². The monoisotopic (exact) mass is 1040 g/mol. The van der Waals surface area contributed by atoms with Crippen molar-refractivity contribution >= 4 is 88.8 Å². The molecule has 0 aliphatic carbocycles. The molecule has 4 aromatic rings. The average molecular weight is 1040 g/mol. The molecule has 0 spiro atoms. The zero-order chi connectivity index (χ0) is 40.3. The summed E-state index contributed by atoms with van der Waals surface area (Å²) in [5.41, 5.74) is 8.45. The summed E-state index contributed by atoms with van der Waals surface area (Å²) >= 11 is 8.46. The Morgan fingerprint density at radius 1 is 0.582 bits per heavy atom. The molecule has 0 atom stereocenters. The summed E-state index contributed by atoms with van der Waals surface area (Å²) in [4.78, 5) is 2.76. The maximum Gasteiger partial charge on any atom is 0.243 e. The summed E-state index contributed by atoms with van der Waals surface area (Å²) in [7, 11) is -7.88. The molecule has 5 rings (SSSR count). The second kappa shape index (κ2) is 18.4. The zero-order valence-electron chi connectivity index (χ0n) is 33.2. The van der Waals surface area contributed by atoms with Crippen LogP contribution >= 0.6 is 68.7 Å². The van der Waals surface area contributed by atoms with Crippen molar-refractivity contribution in [2.75, 3.05) is 24.6 Å². The highest BCUT2D eigenvalue weighted by molar-refractivity contribution is 14.1. The van der Waals surface area contributed by atoms with Crippen LogP contribution in [0.3, 0.4) is 0 Å². The lowest BCUT2D eigenvalue weighted by atomic mass is 9.85. The fraction of sp³-hybridized carbons (Fsp3) is 0.442. The maximum atomic E-state index is 14.6. The Hall–Kier alpha value is -1.14. The van der Waals surface area contributed by atoms with Gasteiger partial charge in [0.2, 0.25) is 20.0 Å². The first kappa shape index (κ1) is 45.0. The minimum Gasteiger partial charge on any atom is -0.207 e. The van der Waals surface area contributed by atoms with E-state index in [1.807, 2.05) is 38.1 Å². The quantitative estimate of drug-likeness (QED) is 0.141. The van der Waals surface area contributed by atoms with Gasteiger partial charge in [-0.25, -0.2) is 16.8 Å². The predicted octanol–water partition coefficient (Wildman–Crippen LogP) is 11.4. The van der Waals surface area contributed by atoms with Crippen LogP contribution in [0, 0.1) is 13.8 Å². The lowest BCUT2D eigenvalue weighted by Gasteiger charge is -2.29. The Morgan fingerprint density at radius 3 is 1.24 bits per heavy atom. The number of halogens is 2. The van der Waals surface area contributed by atoms with Gasteiger partial charge in [0.15, 0.2) is 0 Å². The van der Waals surface area contributed by atoms with Crippen molar-refractivity contribution in [2.45, 2.75) is 114 Å². The third-order valence-corrected chi connectivity index (χ3v) is 18.0. The molecule has 55 heavy (non-hydrogen) atoms. The molecule has 0 bridgehead atoms. The number of hydrogen-bond donors (Lipinski definition) is 0. The van der Waals surface area contributed by atoms with Gasteiger partial charge in [0.25, 0.3) is 0 Å². The third kappa shape index (κ3) is 10.9. The van der Waals surface area contributed by atoms with Crippen LogP contribution < -0.4 is 0 Å². The number of sulfonamides is 2. The summed E-state index contributed by atoms with van der Waals surface area (Å²) in [6.45, 7) is 17.7. The molecule has 4 aromatic carbocycles. The molecule has 0 amide bonds. The van der Waals surface area contributed by atoms with Crippen molar-refractivity contribution < 1.29 is 16.8 Å². The van der Waals surface area contributed by atoms with Crippen LogP contribution in [-0.4, -0.2) is 50.0 Å². The molecule has 0 N–H and O–H groups in total. The summed E-state index contributed by atoms with van der Waals surface area (Å²) < 4.78 is 63.2. The second-order valence-corrected chi connectivity index (χ2v) is 24.0. The smallest absolute Gasteiger partial charge is 0.207 e. The van der Waals surface area contributed by atoms with Crippen LogP contribution in [0.4, 0.5) is 0 Å². The molecule has 0 saturated carbocycles. The molecule has 6 nitrogen and oxygen atoms in total. The molecule has 0 fully saturated rings. The largest absolute Gasteiger partial charge is 0.243 e. The van der Waals surface area contributed by atoms with Crippen molar-refractivity contribution in [3.05, 3.63) is 117 Å². The molecule has 0 aromatic heterocycles. The topological polar surface area (TPSA) is 74.8 Å². The van der Waals surface area contributed by atoms with Crippen molar-refractivity contribution in [3.8, 4) is 0 Å². The third-order valence-electron chi connectivity index (χ3n) is 9.91. The summed E-state index contributed by atoms with van der Waals surface area (Å²) in [6, 6.07) is 23.0. The van der Waals surface area contributed by atoms with Crippen LogP contribution in [0.25, 0.3) is 0 Å². The van der Waals surface area contributed by atoms with Crippen LogP contribution in [0.15, 0.2) is 92.4 Å². The number of thioether (sulfide) groups is 2. The molecule has 12 heteroatoms. The number of nitrogens with zero attached hydrogens (tertiary/aromatic N) is 2. The van der Waals surface area contributed by atoms with Gasteiger partial charge in [-0.1, -0.05) is 146 Å². The molecule has 0 saturated heterocycles. The highest BCUT2D eigenvalue weighted by Crippen LogP contribution is 2.39. The standard InChI is InChI=1S/C43H54I2N2O4S4/c1-30-10-14-38(15-11-30)54(48,49)46-18-9-19-47(55(50,51)39-16-12-31(2)13-17-39)29-35-25-37(43(6,7)8)23-33(27-45)41(35)53-21-20-52-40-32(26-44)22-36(42(3,4)5)24-34(40)28-46/h10-17,22-25H,9,18-21,26-29H2,1-8H3. The van der Waals surface area contributed by atoms with E-state index in [1.54, 1.807) is 56.4 Å². The average Bonchev–Trinajstić information content (AvgIpc) is 3.12. The molecule has 0 radical (unpaired) electrons. The fourth-order valence-corrected chi connectivity index (χ4v) is 13.5. The van der Waals surface area contributed by atoms with Gasteiger partial charge < -0.3 is 0 Å². The molecular formula is C43H54I2N2O4S4. The number of fused-ring (bicyclic) bond motifs is 2. The van der Waals surface area contributed by atoms with E-state index in [0.717, 1.165) is 52.4 Å². The number of aryl methyl sites for hydroxylation is 2. The lowest BCUT2D eigenvalue weighted by Crippen LogP contribution is -2.36. The van der Waals surface area contributed by atoms with E-state index in [-0.39, 0.29) is 46.8 Å². The van der Waals surface area contributed by atoms with Crippen molar-refractivity contribution in [1.82, 2.24) is 8.61 Å². The molecule has 0 unspecified atom stereocenters. The Bertz CT molecular complexity index is 2040. The van der Waals surface area contributed by atoms with Gasteiger partial charge in [-0.2, -0.15) is 8.61 Å². The van der Waals surface area contributed by atoms with Gasteiger partial charge in [0.05, 0.1) is 9.79 Å². The Labute approximate surface area is 366 Å². The number of alkyl halides is 2. The van der Waals surface area contributed by atoms with E-state index >= 15 is 0 Å². The van der Waals surface area contributed by atoms with Gasteiger partial charge in [-0.05, 0) is 88.7 Å². The van der Waals surface area contributed by atoms with Gasteiger partial charge in [-0.15, -0.1) is 23.5 Å². The fourth-order valence-electron chi connectivity index (χ4n) is 6.56. The summed E-state index contributed by atoms with van der Waals surface area (Å²) in [6.07, 6.45) is 0.317. The van der Waals surface area contributed by atoms with E-state index in [9.17, 15) is 16.8 Å². The first-order valence-corrected chi connectivity index (χ1v) is 26.5. The van der Waals surface area contributed by atoms with Crippen molar-refractivity contribution in [3.63, 3.8) is 0 Å². The summed E-state index contributed by atoms with van der Waals surface area (Å²) in [5, 5.41) is 0. The van der Waals surface area contributed by atoms with Crippen molar-refractivity contribution in [1.29, 1.82) is 0 Å². The normalized spacial score (nSPS) is 16.2. The Morgan fingerprint density at radius 2 is 0.927 bits per heavy atom. The van der Waals surface area contributed by atoms with Crippen LogP contribution in [0.1, 0.15) is 92.5 Å². The Kier molecular flexibility index (Phi) is 15.1. The van der Waals surface area contributed by atoms with E-state index in [2.05, 4.69) is 111 Å². The maximum absolute atomic E-state index is 14.6. The van der Waals surface area contributed by atoms with Crippen LogP contribution in [0.2, 0.25) is 0 Å². The molecule has 1 heterocycles. The van der Waals surface area contributed by atoms with Gasteiger partial charge in [-0.3, -0.25) is 0 Å². The minimum atomic E-state index is -3.94. The first-order chi connectivity index (χ1) is 25.7. The number of hydrogen-bond acceptors (Lipinski definition) is 6. The number of rotatable bonds is 6. The molecule has 298 valence electrons. The number of benzene rings is 4. The highest BCUT2D eigenvalue weighted by atomic mass is 127. The SMILES string of the molecule is Cc1ccc(S(=O)(=O)N2CCCN(S(=O)(=O)c3ccc(C)cc3)Cc3cc(C(C)(C)C)cc(CI)c3SCCSc3c(CI)cc(C(C)(C)C)cc3C2)cc1. The van der Waals surface area contributed by atoms with Crippen molar-refractivity contribution in [2.24, 2.45) is 0 Å². The zero-order valence-corrected chi connectivity index (χ0v) is 40.8. The lowest BCUT2D eigenvalue weighted by molar-refractivity contribution is 0.350. The van der Waals surface area contributed by atoms with Gasteiger partial charge >= 0.3 is 0 Å². The minimum absolute atomic E-state index is 0.135. The highest BCUT2D eigenvalue weighted by Gasteiger charge is 2.31. The van der Waals surface area contributed by atoms with Crippen LogP contribution in [0.5, 0.6) is 0 Å². The molecule has 1 aliphatic heterocycles. The second-order valence-electron chi connectivity index (χ2n) is 16.4. The Balaban J connectivity index is 1.70. The first-order valence-electron chi connectivity index (χ1n) is 18.6. The predicted molar refractivity (Wildman–Crippen MR) is 249 cm³/mol. The van der Waals surface area contributed by atoms with E-state index < -0.39 is 20.0 Å². The van der Waals surface area contributed by atoms with Crippen LogP contribution in [-0.2, 0) is 52.8 Å². The molecular weight excluding hydrogens is 991 g/mol.